The van der Waals surface area contributed by atoms with E-state index in [2.05, 4.69) is 24.1 Å². The third kappa shape index (κ3) is 3.14. The van der Waals surface area contributed by atoms with Crippen molar-refractivity contribution in [1.29, 1.82) is 0 Å². The molecular weight excluding hydrogens is 236 g/mol. The molecular formula is C16H30N2O. The second kappa shape index (κ2) is 6.11. The van der Waals surface area contributed by atoms with E-state index in [-0.39, 0.29) is 0 Å². The zero-order valence-corrected chi connectivity index (χ0v) is 12.6. The minimum Gasteiger partial charge on any atom is -0.378 e. The van der Waals surface area contributed by atoms with E-state index in [4.69, 9.17) is 4.74 Å². The highest BCUT2D eigenvalue weighted by molar-refractivity contribution is 4.93. The zero-order chi connectivity index (χ0) is 13.2. The van der Waals surface area contributed by atoms with Gasteiger partial charge in [0.1, 0.15) is 0 Å². The molecule has 2 saturated heterocycles. The van der Waals surface area contributed by atoms with Gasteiger partial charge >= 0.3 is 0 Å². The number of fused-ring (bicyclic) bond motifs is 1. The fourth-order valence-corrected chi connectivity index (χ4v) is 4.27. The normalized spacial score (nSPS) is 37.7. The lowest BCUT2D eigenvalue weighted by molar-refractivity contribution is 0.0478. The number of rotatable bonds is 3. The minimum atomic E-state index is 0.571. The first-order chi connectivity index (χ1) is 9.24. The van der Waals surface area contributed by atoms with E-state index in [1.807, 2.05) is 0 Å². The fraction of sp³-hybridized carbons (Fsp3) is 1.00. The van der Waals surface area contributed by atoms with Crippen molar-refractivity contribution >= 4 is 0 Å². The summed E-state index contributed by atoms with van der Waals surface area (Å²) < 4.78 is 5.88. The summed E-state index contributed by atoms with van der Waals surface area (Å²) in [5.41, 5.74) is 0. The quantitative estimate of drug-likeness (QED) is 0.849. The predicted molar refractivity (Wildman–Crippen MR) is 78.4 cm³/mol. The Morgan fingerprint density at radius 2 is 1.84 bits per heavy atom. The average molecular weight is 266 g/mol. The summed E-state index contributed by atoms with van der Waals surface area (Å²) in [6.45, 7) is 8.17. The summed E-state index contributed by atoms with van der Waals surface area (Å²) in [5, 5.41) is 3.98. The number of hydrogen-bond acceptors (Lipinski definition) is 3. The van der Waals surface area contributed by atoms with E-state index in [0.29, 0.717) is 12.1 Å². The number of nitrogens with one attached hydrogen (secondary N) is 1. The van der Waals surface area contributed by atoms with Gasteiger partial charge in [-0.2, -0.15) is 0 Å². The molecule has 0 radical (unpaired) electrons. The first-order valence-corrected chi connectivity index (χ1v) is 8.35. The number of hydrogen-bond donors (Lipinski definition) is 1. The molecule has 3 heteroatoms. The molecule has 0 bridgehead atoms. The van der Waals surface area contributed by atoms with Crippen LogP contribution in [0.2, 0.25) is 0 Å². The number of likely N-dealkylation sites (tertiary alicyclic amines) is 1. The molecule has 3 nitrogen and oxygen atoms in total. The SMILES string of the molecule is CC(C)N1CCC(N[C@@H]2CCC[C@H]3OCC[C@@H]23)CC1. The molecule has 3 rings (SSSR count). The lowest BCUT2D eigenvalue weighted by Gasteiger charge is -2.40. The lowest BCUT2D eigenvalue weighted by Crippen LogP contribution is -2.51. The standard InChI is InChI=1S/C16H30N2O/c1-12(2)18-9-6-13(7-10-18)17-15-4-3-5-16-14(15)8-11-19-16/h12-17H,3-11H2,1-2H3/t14-,15+,16+/m0/s1. The number of nitrogens with zero attached hydrogens (tertiary/aromatic N) is 1. The van der Waals surface area contributed by atoms with E-state index < -0.39 is 0 Å². The summed E-state index contributed by atoms with van der Waals surface area (Å²) in [6, 6.07) is 2.19. The van der Waals surface area contributed by atoms with E-state index in [0.717, 1.165) is 24.6 Å². The fourth-order valence-electron chi connectivity index (χ4n) is 4.27. The van der Waals surface area contributed by atoms with Crippen molar-refractivity contribution in [3.05, 3.63) is 0 Å². The summed E-state index contributed by atoms with van der Waals surface area (Å²) >= 11 is 0. The Hall–Kier alpha value is -0.120. The first-order valence-electron chi connectivity index (χ1n) is 8.35. The Bertz CT molecular complexity index is 286. The molecule has 3 fully saturated rings. The van der Waals surface area contributed by atoms with Crippen LogP contribution in [0.4, 0.5) is 0 Å². The van der Waals surface area contributed by atoms with Gasteiger partial charge in [-0.3, -0.25) is 0 Å². The highest BCUT2D eigenvalue weighted by atomic mass is 16.5. The molecule has 1 saturated carbocycles. The molecule has 1 N–H and O–H groups in total. The molecule has 2 aliphatic heterocycles. The lowest BCUT2D eigenvalue weighted by atomic mass is 9.81. The molecule has 0 spiro atoms. The Kier molecular flexibility index (Phi) is 4.45. The van der Waals surface area contributed by atoms with Crippen LogP contribution >= 0.6 is 0 Å². The molecule has 110 valence electrons. The summed E-state index contributed by atoms with van der Waals surface area (Å²) in [4.78, 5) is 2.61. The highest BCUT2D eigenvalue weighted by Gasteiger charge is 2.38. The van der Waals surface area contributed by atoms with Crippen molar-refractivity contribution in [1.82, 2.24) is 10.2 Å². The van der Waals surface area contributed by atoms with Gasteiger partial charge in [0.15, 0.2) is 0 Å². The van der Waals surface area contributed by atoms with Crippen LogP contribution in [0.5, 0.6) is 0 Å². The summed E-state index contributed by atoms with van der Waals surface area (Å²) in [6.07, 6.45) is 8.53. The zero-order valence-electron chi connectivity index (χ0n) is 12.6. The largest absolute Gasteiger partial charge is 0.378 e. The van der Waals surface area contributed by atoms with Crippen molar-refractivity contribution in [2.24, 2.45) is 5.92 Å². The third-order valence-corrected chi connectivity index (χ3v) is 5.49. The average Bonchev–Trinajstić information content (AvgIpc) is 2.89. The molecule has 2 heterocycles. The molecule has 0 unspecified atom stereocenters. The van der Waals surface area contributed by atoms with Crippen LogP contribution < -0.4 is 5.32 Å². The number of piperidine rings is 1. The second-order valence-electron chi connectivity index (χ2n) is 6.97. The molecule has 0 aromatic carbocycles. The molecule has 1 aliphatic carbocycles. The predicted octanol–water partition coefficient (Wildman–Crippen LogP) is 2.41. The molecule has 3 atom stereocenters. The van der Waals surface area contributed by atoms with Gasteiger partial charge in [-0.05, 0) is 65.5 Å². The molecule has 0 aromatic rings. The van der Waals surface area contributed by atoms with Gasteiger partial charge in [-0.15, -0.1) is 0 Å². The Morgan fingerprint density at radius 1 is 1.05 bits per heavy atom. The maximum atomic E-state index is 5.88. The van der Waals surface area contributed by atoms with Crippen LogP contribution in [-0.4, -0.2) is 48.8 Å². The van der Waals surface area contributed by atoms with Crippen LogP contribution in [0.15, 0.2) is 0 Å². The molecule has 0 aromatic heterocycles. The van der Waals surface area contributed by atoms with Gasteiger partial charge in [0.05, 0.1) is 6.10 Å². The van der Waals surface area contributed by atoms with Gasteiger partial charge < -0.3 is 15.0 Å². The highest BCUT2D eigenvalue weighted by Crippen LogP contribution is 2.35. The monoisotopic (exact) mass is 266 g/mol. The van der Waals surface area contributed by atoms with E-state index in [1.54, 1.807) is 0 Å². The Balaban J connectivity index is 1.49. The van der Waals surface area contributed by atoms with Gasteiger partial charge in [0.2, 0.25) is 0 Å². The summed E-state index contributed by atoms with van der Waals surface area (Å²) in [5.74, 6) is 0.803. The van der Waals surface area contributed by atoms with Crippen molar-refractivity contribution in [2.45, 2.75) is 76.6 Å². The minimum absolute atomic E-state index is 0.571. The summed E-state index contributed by atoms with van der Waals surface area (Å²) in [7, 11) is 0. The topological polar surface area (TPSA) is 24.5 Å². The third-order valence-electron chi connectivity index (χ3n) is 5.49. The van der Waals surface area contributed by atoms with Crippen LogP contribution in [0.1, 0.15) is 52.4 Å². The molecule has 0 amide bonds. The first kappa shape index (κ1) is 13.8. The Labute approximate surface area is 118 Å². The van der Waals surface area contributed by atoms with Crippen LogP contribution in [0.3, 0.4) is 0 Å². The van der Waals surface area contributed by atoms with Gasteiger partial charge in [-0.25, -0.2) is 0 Å². The van der Waals surface area contributed by atoms with E-state index in [9.17, 15) is 0 Å². The molecule has 3 aliphatic rings. The van der Waals surface area contributed by atoms with Crippen LogP contribution in [0, 0.1) is 5.92 Å². The molecule has 19 heavy (non-hydrogen) atoms. The van der Waals surface area contributed by atoms with Crippen LogP contribution in [0.25, 0.3) is 0 Å². The Morgan fingerprint density at radius 3 is 2.58 bits per heavy atom. The van der Waals surface area contributed by atoms with E-state index in [1.165, 1.54) is 51.6 Å². The maximum absolute atomic E-state index is 5.88. The van der Waals surface area contributed by atoms with Crippen LogP contribution in [-0.2, 0) is 4.74 Å². The van der Waals surface area contributed by atoms with Gasteiger partial charge in [0, 0.05) is 30.7 Å². The van der Waals surface area contributed by atoms with Crippen molar-refractivity contribution in [3.8, 4) is 0 Å². The number of ether oxygens (including phenoxy) is 1. The van der Waals surface area contributed by atoms with E-state index >= 15 is 0 Å². The smallest absolute Gasteiger partial charge is 0.0619 e. The maximum Gasteiger partial charge on any atom is 0.0619 e. The van der Waals surface area contributed by atoms with Crippen molar-refractivity contribution in [3.63, 3.8) is 0 Å². The van der Waals surface area contributed by atoms with Gasteiger partial charge in [-0.1, -0.05) is 0 Å². The van der Waals surface area contributed by atoms with Crippen molar-refractivity contribution < 1.29 is 4.74 Å². The van der Waals surface area contributed by atoms with Crippen molar-refractivity contribution in [2.75, 3.05) is 19.7 Å². The second-order valence-corrected chi connectivity index (χ2v) is 6.97. The van der Waals surface area contributed by atoms with Gasteiger partial charge in [0.25, 0.3) is 0 Å².